The molecule has 0 spiro atoms. The smallest absolute Gasteiger partial charge is 0.297 e. The molecular weight excluding hydrogens is 746 g/mol. The molecule has 0 aromatic heterocycles. The van der Waals surface area contributed by atoms with Crippen LogP contribution in [0, 0.1) is 0 Å². The molecule has 3 aromatic carbocycles. The Balaban J connectivity index is 0.00000187. The molecular formula is C28H23ClN5O13S3+. The number of ketones is 4. The number of benzene rings is 3. The highest BCUT2D eigenvalue weighted by Crippen LogP contribution is 2.46. The SMILES string of the molecule is N.N.N.O=C1C2=C(C(=O)c3ccccc31)C1Nc3ccc4c(c3[NH+]=C1C=C2)C(=O)c1c(c(Cl)c(S(=O)(=O)O)c(S(=O)(=O)O)c1S(=O)(=O)O)C4=O. The van der Waals surface area contributed by atoms with E-state index in [0.29, 0.717) is 0 Å². The third kappa shape index (κ3) is 5.15. The first-order chi connectivity index (χ1) is 21.8. The van der Waals surface area contributed by atoms with Gasteiger partial charge in [0.25, 0.3) is 30.4 Å². The maximum atomic E-state index is 14.1. The Morgan fingerprint density at radius 1 is 0.620 bits per heavy atom. The Morgan fingerprint density at radius 3 is 1.74 bits per heavy atom. The average molecular weight is 769 g/mol. The highest BCUT2D eigenvalue weighted by molar-refractivity contribution is 7.90. The molecule has 0 saturated heterocycles. The van der Waals surface area contributed by atoms with Gasteiger partial charge in [-0.2, -0.15) is 25.3 Å². The quantitative estimate of drug-likeness (QED) is 0.136. The molecule has 0 fully saturated rings. The lowest BCUT2D eigenvalue weighted by Gasteiger charge is -2.31. The molecule has 50 heavy (non-hydrogen) atoms. The molecule has 0 radical (unpaired) electrons. The van der Waals surface area contributed by atoms with Crippen molar-refractivity contribution in [2.45, 2.75) is 20.7 Å². The third-order valence-corrected chi connectivity index (χ3v) is 11.5. The fourth-order valence-corrected chi connectivity index (χ4v) is 10.3. The van der Waals surface area contributed by atoms with Crippen molar-refractivity contribution in [3.63, 3.8) is 0 Å². The van der Waals surface area contributed by atoms with Crippen LogP contribution in [0.2, 0.25) is 5.02 Å². The summed E-state index contributed by atoms with van der Waals surface area (Å²) in [7, 11) is -17.8. The normalized spacial score (nSPS) is 17.3. The highest BCUT2D eigenvalue weighted by atomic mass is 35.5. The first-order valence-electron chi connectivity index (χ1n) is 12.9. The summed E-state index contributed by atoms with van der Waals surface area (Å²) in [6, 6.07) is 7.58. The molecule has 3 aromatic rings. The summed E-state index contributed by atoms with van der Waals surface area (Å²) in [6.45, 7) is 0. The van der Waals surface area contributed by atoms with E-state index in [9.17, 15) is 58.1 Å². The molecule has 0 bridgehead atoms. The van der Waals surface area contributed by atoms with Gasteiger partial charge in [0.05, 0.1) is 16.1 Å². The van der Waals surface area contributed by atoms with Crippen LogP contribution < -0.4 is 28.8 Å². The summed E-state index contributed by atoms with van der Waals surface area (Å²) in [5, 5.41) is 1.61. The van der Waals surface area contributed by atoms with Gasteiger partial charge in [-0.1, -0.05) is 35.9 Å². The van der Waals surface area contributed by atoms with Crippen LogP contribution in [0.25, 0.3) is 0 Å². The van der Waals surface area contributed by atoms with E-state index in [1.165, 1.54) is 30.4 Å². The second kappa shape index (κ2) is 11.9. The van der Waals surface area contributed by atoms with Crippen LogP contribution in [0.1, 0.15) is 52.6 Å². The number of anilines is 1. The first kappa shape index (κ1) is 38.0. The van der Waals surface area contributed by atoms with Crippen molar-refractivity contribution >= 4 is 82.2 Å². The number of allylic oxidation sites excluding steroid dienone is 2. The molecule has 1 aliphatic heterocycles. The fourth-order valence-electron chi connectivity index (χ4n) is 6.19. The van der Waals surface area contributed by atoms with Crippen molar-refractivity contribution in [2.75, 3.05) is 5.32 Å². The summed E-state index contributed by atoms with van der Waals surface area (Å²) in [6.07, 6.45) is 2.80. The van der Waals surface area contributed by atoms with Crippen LogP contribution in [0.3, 0.4) is 0 Å². The second-order valence-electron chi connectivity index (χ2n) is 10.6. The van der Waals surface area contributed by atoms with Crippen LogP contribution in [0.5, 0.6) is 0 Å². The lowest BCUT2D eigenvalue weighted by molar-refractivity contribution is -0.355. The number of Topliss-reactive ketones (excluding diaryl/α,β-unsaturated/α-hetero) is 2. The Morgan fingerprint density at radius 2 is 1.18 bits per heavy atom. The lowest BCUT2D eigenvalue weighted by Crippen LogP contribution is -2.74. The largest absolute Gasteiger partial charge is 0.364 e. The number of carbonyl (C=O) groups excluding carboxylic acids is 4. The van der Waals surface area contributed by atoms with E-state index in [2.05, 4.69) is 10.3 Å². The Kier molecular flexibility index (Phi) is 9.05. The zero-order chi connectivity index (χ0) is 34.1. The number of rotatable bonds is 3. The molecule has 18 nitrogen and oxygen atoms in total. The monoisotopic (exact) mass is 768 g/mol. The van der Waals surface area contributed by atoms with Crippen molar-refractivity contribution in [2.24, 2.45) is 0 Å². The molecule has 1 unspecified atom stereocenters. The van der Waals surface area contributed by atoms with E-state index in [1.54, 1.807) is 12.1 Å². The summed E-state index contributed by atoms with van der Waals surface area (Å²) in [5.41, 5.74) is -3.06. The molecule has 22 heteroatoms. The van der Waals surface area contributed by atoms with Gasteiger partial charge >= 0.3 is 0 Å². The van der Waals surface area contributed by atoms with E-state index >= 15 is 0 Å². The van der Waals surface area contributed by atoms with Gasteiger partial charge < -0.3 is 23.8 Å². The minimum absolute atomic E-state index is 0. The van der Waals surface area contributed by atoms with Crippen LogP contribution in [0.15, 0.2) is 74.4 Å². The molecule has 4 aliphatic rings. The molecule has 0 saturated carbocycles. The predicted molar refractivity (Wildman–Crippen MR) is 174 cm³/mol. The standard InChI is InChI=1S/C28H13ClN2O13S3.3H3N/c29-19-17-18(26(45(36,37)38)28(47(42,43)44)27(19)46(39,40)41)25(35)16-12(24(17)34)6-8-14-21(16)31-13-7-5-11-15(20(13)30-14)23(33)10-4-2-1-3-9(10)22(11)32;;;/h1-8,20,30H,(H,36,37,38)(H,39,40,41)(H,42,43,44);3*1H3/p+1. The predicted octanol–water partition coefficient (Wildman–Crippen LogP) is 1.23. The number of halogens is 1. The summed E-state index contributed by atoms with van der Waals surface area (Å²) >= 11 is 6.06. The first-order valence-corrected chi connectivity index (χ1v) is 17.6. The van der Waals surface area contributed by atoms with Gasteiger partial charge in [-0.25, -0.2) is 4.99 Å². The molecule has 14 N–H and O–H groups in total. The van der Waals surface area contributed by atoms with E-state index in [-0.39, 0.29) is 57.8 Å². The fraction of sp³-hybridized carbons (Fsp3) is 0.0357. The summed E-state index contributed by atoms with van der Waals surface area (Å²) in [4.78, 5) is 51.5. The third-order valence-electron chi connectivity index (χ3n) is 8.01. The van der Waals surface area contributed by atoms with Gasteiger partial charge in [0.2, 0.25) is 17.2 Å². The number of hydrogen-bond acceptors (Lipinski definition) is 14. The van der Waals surface area contributed by atoms with Crippen LogP contribution in [-0.2, 0) is 30.4 Å². The van der Waals surface area contributed by atoms with Crippen LogP contribution in [-0.4, -0.2) is 73.8 Å². The van der Waals surface area contributed by atoms with Crippen molar-refractivity contribution in [1.82, 2.24) is 18.5 Å². The van der Waals surface area contributed by atoms with Crippen molar-refractivity contribution < 1.29 is 63.1 Å². The summed E-state index contributed by atoms with van der Waals surface area (Å²) in [5.74, 6) is -3.65. The van der Waals surface area contributed by atoms with Gasteiger partial charge in [0, 0.05) is 33.9 Å². The zero-order valence-corrected chi connectivity index (χ0v) is 28.0. The van der Waals surface area contributed by atoms with Gasteiger partial charge in [0.1, 0.15) is 32.0 Å². The molecule has 262 valence electrons. The second-order valence-corrected chi connectivity index (χ2v) is 15.0. The van der Waals surface area contributed by atoms with Gasteiger partial charge in [-0.05, 0) is 18.2 Å². The number of hydrogen-bond donors (Lipinski definition) is 8. The average Bonchev–Trinajstić information content (AvgIpc) is 2.98. The molecule has 1 heterocycles. The van der Waals surface area contributed by atoms with Crippen LogP contribution >= 0.6 is 11.6 Å². The molecule has 1 atom stereocenters. The van der Waals surface area contributed by atoms with E-state index in [1.807, 2.05) is 0 Å². The maximum Gasteiger partial charge on any atom is 0.297 e. The van der Waals surface area contributed by atoms with Crippen molar-refractivity contribution in [3.05, 3.63) is 98.1 Å². The van der Waals surface area contributed by atoms with Gasteiger partial charge in [0.15, 0.2) is 17.3 Å². The van der Waals surface area contributed by atoms with E-state index < -0.39 is 101 Å². The minimum atomic E-state index is -6.01. The number of nitrogens with one attached hydrogen (secondary N) is 2. The minimum Gasteiger partial charge on any atom is -0.364 e. The topological polar surface area (TPSA) is 362 Å². The highest BCUT2D eigenvalue weighted by Gasteiger charge is 2.49. The maximum absolute atomic E-state index is 14.1. The van der Waals surface area contributed by atoms with Gasteiger partial charge in [-0.15, -0.1) is 0 Å². The Labute approximate surface area is 286 Å². The summed E-state index contributed by atoms with van der Waals surface area (Å²) < 4.78 is 104. The van der Waals surface area contributed by atoms with E-state index in [4.69, 9.17) is 11.6 Å². The zero-order valence-electron chi connectivity index (χ0n) is 24.8. The Hall–Kier alpha value is -4.81. The number of fused-ring (bicyclic) bond motifs is 7. The number of carbonyl (C=O) groups is 4. The van der Waals surface area contributed by atoms with Crippen LogP contribution in [0.4, 0.5) is 11.4 Å². The molecule has 3 aliphatic carbocycles. The lowest BCUT2D eigenvalue weighted by atomic mass is 9.76. The Bertz CT molecular complexity index is 2610. The van der Waals surface area contributed by atoms with Crippen molar-refractivity contribution in [1.29, 1.82) is 0 Å². The van der Waals surface area contributed by atoms with Gasteiger partial charge in [-0.3, -0.25) is 32.8 Å². The van der Waals surface area contributed by atoms with Crippen molar-refractivity contribution in [3.8, 4) is 0 Å². The van der Waals surface area contributed by atoms with E-state index in [0.717, 1.165) is 6.07 Å². The molecule has 7 rings (SSSR count). The molecule has 0 amide bonds.